The molecule has 4 nitrogen and oxygen atoms in total. The average molecular weight is 295 g/mol. The molecule has 0 aromatic rings. The van der Waals surface area contributed by atoms with Crippen LogP contribution in [-0.4, -0.2) is 29.0 Å². The molecule has 1 saturated heterocycles. The molecule has 2 aliphatic rings. The van der Waals surface area contributed by atoms with E-state index in [1.165, 1.54) is 24.2 Å². The molecule has 2 rings (SSSR count). The smallest absolute Gasteiger partial charge is 0.417 e. The van der Waals surface area contributed by atoms with Crippen LogP contribution in [0.2, 0.25) is 0 Å². The number of hydrogen-bond acceptors (Lipinski definition) is 3. The van der Waals surface area contributed by atoms with Crippen molar-refractivity contribution in [2.45, 2.75) is 77.7 Å². The van der Waals surface area contributed by atoms with Crippen LogP contribution in [0.25, 0.3) is 0 Å². The Kier molecular flexibility index (Phi) is 5.28. The zero-order valence-electron chi connectivity index (χ0n) is 13.7. The number of hydrogen-bond donors (Lipinski definition) is 0. The third-order valence-electron chi connectivity index (χ3n) is 5.57. The highest BCUT2D eigenvalue weighted by Gasteiger charge is 2.44. The third kappa shape index (κ3) is 3.24. The van der Waals surface area contributed by atoms with Gasteiger partial charge >= 0.3 is 6.09 Å². The van der Waals surface area contributed by atoms with Gasteiger partial charge in [0.25, 0.3) is 0 Å². The maximum atomic E-state index is 12.4. The van der Waals surface area contributed by atoms with E-state index in [-0.39, 0.29) is 5.91 Å². The minimum absolute atomic E-state index is 0.0854. The highest BCUT2D eigenvalue weighted by atomic mass is 16.6. The first-order valence-corrected chi connectivity index (χ1v) is 8.57. The first kappa shape index (κ1) is 16.3. The van der Waals surface area contributed by atoms with E-state index in [9.17, 15) is 9.59 Å². The van der Waals surface area contributed by atoms with Gasteiger partial charge in [-0.2, -0.15) is 0 Å². The van der Waals surface area contributed by atoms with Crippen molar-refractivity contribution in [1.82, 2.24) is 4.90 Å². The van der Waals surface area contributed by atoms with E-state index in [0.29, 0.717) is 24.8 Å². The molecule has 1 aliphatic heterocycles. The van der Waals surface area contributed by atoms with Crippen LogP contribution in [-0.2, 0) is 9.53 Å². The van der Waals surface area contributed by atoms with Gasteiger partial charge in [0, 0.05) is 18.9 Å². The van der Waals surface area contributed by atoms with Gasteiger partial charge in [-0.25, -0.2) is 9.69 Å². The molecule has 0 spiro atoms. The van der Waals surface area contributed by atoms with Gasteiger partial charge < -0.3 is 4.74 Å². The first-order valence-electron chi connectivity index (χ1n) is 8.57. The topological polar surface area (TPSA) is 46.6 Å². The number of likely N-dealkylation sites (tertiary alicyclic amines) is 1. The summed E-state index contributed by atoms with van der Waals surface area (Å²) in [5.74, 6) is 0.918. The summed E-state index contributed by atoms with van der Waals surface area (Å²) in [6.07, 6.45) is 7.31. The van der Waals surface area contributed by atoms with Crippen molar-refractivity contribution in [3.05, 3.63) is 0 Å². The molecule has 0 bridgehead atoms. The second kappa shape index (κ2) is 6.80. The summed E-state index contributed by atoms with van der Waals surface area (Å²) in [4.78, 5) is 25.5. The van der Waals surface area contributed by atoms with Gasteiger partial charge in [-0.05, 0) is 31.6 Å². The maximum Gasteiger partial charge on any atom is 0.417 e. The maximum absolute atomic E-state index is 12.4. The molecular formula is C17H29NO3. The van der Waals surface area contributed by atoms with Gasteiger partial charge in [-0.1, -0.05) is 40.0 Å². The Morgan fingerprint density at radius 3 is 2.43 bits per heavy atom. The van der Waals surface area contributed by atoms with Gasteiger partial charge in [-0.15, -0.1) is 0 Å². The van der Waals surface area contributed by atoms with Crippen molar-refractivity contribution in [2.75, 3.05) is 6.54 Å². The first-order chi connectivity index (χ1) is 10.0. The molecule has 0 N–H and O–H groups in total. The third-order valence-corrected chi connectivity index (χ3v) is 5.57. The number of nitrogens with zero attached hydrogens (tertiary/aromatic N) is 1. The van der Waals surface area contributed by atoms with E-state index in [0.717, 1.165) is 25.7 Å². The molecule has 1 aliphatic carbocycles. The van der Waals surface area contributed by atoms with E-state index in [1.54, 1.807) is 0 Å². The quantitative estimate of drug-likeness (QED) is 0.783. The number of imide groups is 1. The van der Waals surface area contributed by atoms with Crippen molar-refractivity contribution in [1.29, 1.82) is 0 Å². The van der Waals surface area contributed by atoms with Crippen LogP contribution >= 0.6 is 0 Å². The monoisotopic (exact) mass is 295 g/mol. The molecule has 4 heteroatoms. The van der Waals surface area contributed by atoms with Crippen molar-refractivity contribution >= 4 is 12.0 Å². The SMILES string of the molecule is CCC(CC)(OC(=O)N1CCCC1=O)C1CCCC[C@@H]1C. The summed E-state index contributed by atoms with van der Waals surface area (Å²) in [6.45, 7) is 6.99. The number of amides is 2. The van der Waals surface area contributed by atoms with E-state index in [1.807, 2.05) is 0 Å². The number of carbonyl (C=O) groups is 2. The van der Waals surface area contributed by atoms with Gasteiger partial charge in [0.1, 0.15) is 5.60 Å². The zero-order chi connectivity index (χ0) is 15.5. The van der Waals surface area contributed by atoms with Crippen LogP contribution < -0.4 is 0 Å². The van der Waals surface area contributed by atoms with Gasteiger partial charge in [0.05, 0.1) is 0 Å². The van der Waals surface area contributed by atoms with E-state index in [2.05, 4.69) is 20.8 Å². The summed E-state index contributed by atoms with van der Waals surface area (Å²) in [5.41, 5.74) is -0.403. The molecular weight excluding hydrogens is 266 g/mol. The summed E-state index contributed by atoms with van der Waals surface area (Å²) < 4.78 is 5.97. The molecule has 2 amide bonds. The summed E-state index contributed by atoms with van der Waals surface area (Å²) in [5, 5.41) is 0. The fraction of sp³-hybridized carbons (Fsp3) is 0.882. The normalized spacial score (nSPS) is 27.0. The molecule has 2 atom stereocenters. The van der Waals surface area contributed by atoms with Crippen molar-refractivity contribution < 1.29 is 14.3 Å². The fourth-order valence-electron chi connectivity index (χ4n) is 4.16. The number of carbonyl (C=O) groups excluding carboxylic acids is 2. The van der Waals surface area contributed by atoms with E-state index in [4.69, 9.17) is 4.74 Å². The summed E-state index contributed by atoms with van der Waals surface area (Å²) in [6, 6.07) is 0. The minimum atomic E-state index is -0.418. The second-order valence-electron chi connectivity index (χ2n) is 6.66. The minimum Gasteiger partial charge on any atom is -0.442 e. The highest BCUT2D eigenvalue weighted by molar-refractivity contribution is 5.93. The molecule has 1 saturated carbocycles. The Labute approximate surface area is 128 Å². The Balaban J connectivity index is 2.13. The van der Waals surface area contributed by atoms with Crippen LogP contribution in [0.5, 0.6) is 0 Å². The zero-order valence-corrected chi connectivity index (χ0v) is 13.7. The largest absolute Gasteiger partial charge is 0.442 e. The summed E-state index contributed by atoms with van der Waals surface area (Å²) >= 11 is 0. The van der Waals surface area contributed by atoms with Crippen molar-refractivity contribution in [3.63, 3.8) is 0 Å². The molecule has 120 valence electrons. The highest BCUT2D eigenvalue weighted by Crippen LogP contribution is 2.43. The molecule has 0 aromatic carbocycles. The lowest BCUT2D eigenvalue weighted by atomic mass is 9.68. The van der Waals surface area contributed by atoms with Gasteiger partial charge in [0.15, 0.2) is 0 Å². The Morgan fingerprint density at radius 1 is 1.24 bits per heavy atom. The molecule has 2 fully saturated rings. The fourth-order valence-corrected chi connectivity index (χ4v) is 4.16. The van der Waals surface area contributed by atoms with Gasteiger partial charge in [-0.3, -0.25) is 4.79 Å². The molecule has 1 heterocycles. The van der Waals surface area contributed by atoms with Crippen molar-refractivity contribution in [3.8, 4) is 0 Å². The predicted octanol–water partition coefficient (Wildman–Crippen LogP) is 4.13. The molecule has 21 heavy (non-hydrogen) atoms. The van der Waals surface area contributed by atoms with E-state index < -0.39 is 11.7 Å². The molecule has 0 aromatic heterocycles. The summed E-state index contributed by atoms with van der Waals surface area (Å²) in [7, 11) is 0. The Morgan fingerprint density at radius 2 is 1.90 bits per heavy atom. The van der Waals surface area contributed by atoms with E-state index >= 15 is 0 Å². The average Bonchev–Trinajstić information content (AvgIpc) is 2.92. The van der Waals surface area contributed by atoms with Crippen LogP contribution in [0, 0.1) is 11.8 Å². The lowest BCUT2D eigenvalue weighted by Gasteiger charge is -2.44. The number of rotatable bonds is 4. The standard InChI is InChI=1S/C17H29NO3/c1-4-17(5-2,14-10-7-6-9-13(14)3)21-16(20)18-12-8-11-15(18)19/h13-14H,4-12H2,1-3H3/t13-,14?/m0/s1. The second-order valence-corrected chi connectivity index (χ2v) is 6.66. The Hall–Kier alpha value is -1.06. The molecule has 0 radical (unpaired) electrons. The van der Waals surface area contributed by atoms with Gasteiger partial charge in [0.2, 0.25) is 5.91 Å². The number of ether oxygens (including phenoxy) is 1. The van der Waals surface area contributed by atoms with Crippen LogP contribution in [0.4, 0.5) is 4.79 Å². The lowest BCUT2D eigenvalue weighted by Crippen LogP contribution is -2.48. The van der Waals surface area contributed by atoms with Crippen LogP contribution in [0.1, 0.15) is 72.1 Å². The van der Waals surface area contributed by atoms with Crippen LogP contribution in [0.3, 0.4) is 0 Å². The lowest BCUT2D eigenvalue weighted by molar-refractivity contribution is -0.129. The molecule has 1 unspecified atom stereocenters. The van der Waals surface area contributed by atoms with Crippen molar-refractivity contribution in [2.24, 2.45) is 11.8 Å². The predicted molar refractivity (Wildman–Crippen MR) is 81.9 cm³/mol. The Bertz CT molecular complexity index is 389. The van der Waals surface area contributed by atoms with Crippen LogP contribution in [0.15, 0.2) is 0 Å².